The van der Waals surface area contributed by atoms with Crippen LogP contribution in [0.1, 0.15) is 24.4 Å². The summed E-state index contributed by atoms with van der Waals surface area (Å²) in [5, 5.41) is 11.5. The Morgan fingerprint density at radius 1 is 1.11 bits per heavy atom. The minimum Gasteiger partial charge on any atom is -0.497 e. The minimum atomic E-state index is -0.284. The summed E-state index contributed by atoms with van der Waals surface area (Å²) < 4.78 is 18.9. The molecule has 7 heteroatoms. The number of anilines is 1. The number of nitrogens with one attached hydrogen (secondary N) is 2. The first-order chi connectivity index (χ1) is 13.5. The third-order valence-corrected chi connectivity index (χ3v) is 4.63. The summed E-state index contributed by atoms with van der Waals surface area (Å²) in [4.78, 5) is 8.87. The van der Waals surface area contributed by atoms with Crippen LogP contribution < -0.4 is 10.1 Å². The van der Waals surface area contributed by atoms with E-state index in [2.05, 4.69) is 25.5 Å². The van der Waals surface area contributed by atoms with Gasteiger partial charge in [0.1, 0.15) is 23.7 Å². The number of rotatable bonds is 5. The van der Waals surface area contributed by atoms with Gasteiger partial charge in [-0.1, -0.05) is 12.1 Å². The summed E-state index contributed by atoms with van der Waals surface area (Å²) >= 11 is 0. The van der Waals surface area contributed by atoms with E-state index >= 15 is 0 Å². The van der Waals surface area contributed by atoms with Crippen LogP contribution in [0.4, 0.5) is 10.2 Å². The maximum Gasteiger partial charge on any atom is 0.138 e. The summed E-state index contributed by atoms with van der Waals surface area (Å²) in [6, 6.07) is 12.0. The van der Waals surface area contributed by atoms with E-state index in [0.29, 0.717) is 11.6 Å². The average Bonchev–Trinajstić information content (AvgIpc) is 3.14. The maximum atomic E-state index is 13.4. The Morgan fingerprint density at radius 3 is 2.57 bits per heavy atom. The van der Waals surface area contributed by atoms with Crippen LogP contribution in [0, 0.1) is 12.7 Å². The molecular weight excluding hydrogens is 357 g/mol. The molecule has 0 saturated carbocycles. The topological polar surface area (TPSA) is 75.7 Å². The van der Waals surface area contributed by atoms with Crippen molar-refractivity contribution in [3.8, 4) is 16.9 Å². The lowest BCUT2D eigenvalue weighted by molar-refractivity contribution is 0.415. The van der Waals surface area contributed by atoms with Crippen molar-refractivity contribution >= 4 is 16.7 Å². The van der Waals surface area contributed by atoms with Crippen LogP contribution in [0.15, 0.2) is 48.8 Å². The number of aryl methyl sites for hydroxylation is 1. The number of nitrogens with zero attached hydrogens (tertiary/aromatic N) is 3. The van der Waals surface area contributed by atoms with Crippen LogP contribution in [0.2, 0.25) is 0 Å². The van der Waals surface area contributed by atoms with E-state index in [1.54, 1.807) is 19.2 Å². The van der Waals surface area contributed by atoms with Gasteiger partial charge in [-0.25, -0.2) is 14.4 Å². The Hall–Kier alpha value is -3.48. The maximum absolute atomic E-state index is 13.4. The van der Waals surface area contributed by atoms with Gasteiger partial charge in [-0.3, -0.25) is 5.10 Å². The third kappa shape index (κ3) is 3.38. The molecule has 1 unspecified atom stereocenters. The standard InChI is InChI=1S/C21H20FN5O/c1-12-8-18(27-26-12)13(2)25-21-20-17(14-4-6-15(22)7-5-14)9-16(28-3)10-19(20)23-11-24-21/h4-11,13H,1-3H3,(H,26,27)(H,23,24,25). The zero-order valence-corrected chi connectivity index (χ0v) is 15.8. The Morgan fingerprint density at radius 2 is 1.89 bits per heavy atom. The highest BCUT2D eigenvalue weighted by atomic mass is 19.1. The molecule has 2 aromatic heterocycles. The Labute approximate surface area is 161 Å². The molecule has 0 aliphatic rings. The molecule has 2 heterocycles. The van der Waals surface area contributed by atoms with E-state index in [1.165, 1.54) is 18.5 Å². The molecule has 142 valence electrons. The lowest BCUT2D eigenvalue weighted by atomic mass is 10.00. The van der Waals surface area contributed by atoms with Crippen molar-refractivity contribution in [3.05, 3.63) is 66.0 Å². The highest BCUT2D eigenvalue weighted by molar-refractivity contribution is 6.02. The summed E-state index contributed by atoms with van der Waals surface area (Å²) in [6.45, 7) is 3.98. The van der Waals surface area contributed by atoms with Gasteiger partial charge < -0.3 is 10.1 Å². The third-order valence-electron chi connectivity index (χ3n) is 4.63. The van der Waals surface area contributed by atoms with Crippen LogP contribution in [0.5, 0.6) is 5.75 Å². The van der Waals surface area contributed by atoms with Crippen LogP contribution >= 0.6 is 0 Å². The molecule has 0 amide bonds. The molecular formula is C21H20FN5O. The molecule has 0 aliphatic heterocycles. The van der Waals surface area contributed by atoms with Gasteiger partial charge in [0, 0.05) is 11.8 Å². The SMILES string of the molecule is COc1cc(-c2ccc(F)cc2)c2c(NC(C)c3cc(C)[nH]n3)ncnc2c1. The fourth-order valence-electron chi connectivity index (χ4n) is 3.19. The van der Waals surface area contributed by atoms with Crippen molar-refractivity contribution in [1.82, 2.24) is 20.2 Å². The van der Waals surface area contributed by atoms with Crippen molar-refractivity contribution in [2.75, 3.05) is 12.4 Å². The number of fused-ring (bicyclic) bond motifs is 1. The largest absolute Gasteiger partial charge is 0.497 e. The van der Waals surface area contributed by atoms with Gasteiger partial charge in [0.2, 0.25) is 0 Å². The van der Waals surface area contributed by atoms with Gasteiger partial charge in [-0.2, -0.15) is 5.10 Å². The van der Waals surface area contributed by atoms with Crippen molar-refractivity contribution in [2.24, 2.45) is 0 Å². The summed E-state index contributed by atoms with van der Waals surface area (Å²) in [5.74, 6) is 1.07. The number of halogens is 1. The molecule has 1 atom stereocenters. The fraction of sp³-hybridized carbons (Fsp3) is 0.190. The van der Waals surface area contributed by atoms with Gasteiger partial charge in [-0.05, 0) is 49.2 Å². The van der Waals surface area contributed by atoms with Crippen molar-refractivity contribution in [2.45, 2.75) is 19.9 Å². The molecule has 2 N–H and O–H groups in total. The lowest BCUT2D eigenvalue weighted by Gasteiger charge is -2.17. The van der Waals surface area contributed by atoms with E-state index in [0.717, 1.165) is 33.4 Å². The van der Waals surface area contributed by atoms with Crippen molar-refractivity contribution < 1.29 is 9.13 Å². The number of aromatic amines is 1. The Bertz CT molecular complexity index is 1120. The summed E-state index contributed by atoms with van der Waals surface area (Å²) in [6.07, 6.45) is 1.51. The van der Waals surface area contributed by atoms with Gasteiger partial charge in [0.15, 0.2) is 0 Å². The first-order valence-electron chi connectivity index (χ1n) is 8.92. The van der Waals surface area contributed by atoms with Crippen molar-refractivity contribution in [3.63, 3.8) is 0 Å². The monoisotopic (exact) mass is 377 g/mol. The first kappa shape index (κ1) is 17.9. The summed E-state index contributed by atoms with van der Waals surface area (Å²) in [7, 11) is 1.61. The predicted molar refractivity (Wildman–Crippen MR) is 107 cm³/mol. The number of hydrogen-bond donors (Lipinski definition) is 2. The second kappa shape index (κ2) is 7.26. The van der Waals surface area contributed by atoms with E-state index in [9.17, 15) is 4.39 Å². The number of methoxy groups -OCH3 is 1. The van der Waals surface area contributed by atoms with Crippen LogP contribution in [-0.4, -0.2) is 27.3 Å². The number of ether oxygens (including phenoxy) is 1. The van der Waals surface area contributed by atoms with Crippen molar-refractivity contribution in [1.29, 1.82) is 0 Å². The Kier molecular flexibility index (Phi) is 4.65. The second-order valence-electron chi connectivity index (χ2n) is 6.64. The molecule has 0 fully saturated rings. The molecule has 0 saturated heterocycles. The van der Waals surface area contributed by atoms with E-state index in [1.807, 2.05) is 32.0 Å². The van der Waals surface area contributed by atoms with Gasteiger partial charge in [-0.15, -0.1) is 0 Å². The van der Waals surface area contributed by atoms with E-state index in [4.69, 9.17) is 4.74 Å². The molecule has 0 spiro atoms. The molecule has 0 radical (unpaired) electrons. The number of benzene rings is 2. The minimum absolute atomic E-state index is 0.0637. The molecule has 0 aliphatic carbocycles. The van der Waals surface area contributed by atoms with Crippen LogP contribution in [-0.2, 0) is 0 Å². The zero-order valence-electron chi connectivity index (χ0n) is 15.8. The van der Waals surface area contributed by atoms with Crippen LogP contribution in [0.25, 0.3) is 22.0 Å². The number of hydrogen-bond acceptors (Lipinski definition) is 5. The fourth-order valence-corrected chi connectivity index (χ4v) is 3.19. The zero-order chi connectivity index (χ0) is 19.7. The first-order valence-corrected chi connectivity index (χ1v) is 8.92. The average molecular weight is 377 g/mol. The van der Waals surface area contributed by atoms with Gasteiger partial charge in [0.25, 0.3) is 0 Å². The van der Waals surface area contributed by atoms with Crippen LogP contribution in [0.3, 0.4) is 0 Å². The smallest absolute Gasteiger partial charge is 0.138 e. The number of aromatic nitrogens is 4. The molecule has 4 rings (SSSR count). The highest BCUT2D eigenvalue weighted by Crippen LogP contribution is 2.36. The lowest BCUT2D eigenvalue weighted by Crippen LogP contribution is -2.09. The molecule has 6 nitrogen and oxygen atoms in total. The molecule has 28 heavy (non-hydrogen) atoms. The number of H-pyrrole nitrogens is 1. The Balaban J connectivity index is 1.86. The quantitative estimate of drug-likeness (QED) is 0.529. The molecule has 0 bridgehead atoms. The van der Waals surface area contributed by atoms with E-state index < -0.39 is 0 Å². The molecule has 4 aromatic rings. The molecule has 2 aromatic carbocycles. The normalized spacial score (nSPS) is 12.1. The highest BCUT2D eigenvalue weighted by Gasteiger charge is 2.16. The second-order valence-corrected chi connectivity index (χ2v) is 6.64. The predicted octanol–water partition coefficient (Wildman–Crippen LogP) is 4.65. The summed E-state index contributed by atoms with van der Waals surface area (Å²) in [5.41, 5.74) is 4.34. The van der Waals surface area contributed by atoms with Gasteiger partial charge >= 0.3 is 0 Å². The van der Waals surface area contributed by atoms with Gasteiger partial charge in [0.05, 0.1) is 29.7 Å². The van der Waals surface area contributed by atoms with E-state index in [-0.39, 0.29) is 11.9 Å².